The monoisotopic (exact) mass is 759 g/mol. The average molecular weight is 760 g/mol. The highest BCUT2D eigenvalue weighted by molar-refractivity contribution is 5.90. The van der Waals surface area contributed by atoms with E-state index in [1.165, 1.54) is 7.11 Å². The van der Waals surface area contributed by atoms with Crippen LogP contribution < -0.4 is 11.1 Å². The number of nitrogens with zero attached hydrogens (tertiary/aromatic N) is 5. The lowest BCUT2D eigenvalue weighted by molar-refractivity contribution is 0.0218. The number of aromatic amines is 2. The molecule has 0 bridgehead atoms. The smallest absolute Gasteiger partial charge is 0.410 e. The lowest BCUT2D eigenvalue weighted by Crippen LogP contribution is -2.43. The van der Waals surface area contributed by atoms with Crippen molar-refractivity contribution in [2.24, 2.45) is 16.6 Å². The summed E-state index contributed by atoms with van der Waals surface area (Å²) < 4.78 is 10.4. The molecule has 5 aromatic rings. The van der Waals surface area contributed by atoms with Crippen molar-refractivity contribution in [3.63, 3.8) is 0 Å². The number of nitrogens with two attached hydrogens (primary N) is 1. The number of imidazole rings is 2. The summed E-state index contributed by atoms with van der Waals surface area (Å²) in [6.07, 6.45) is 6.62. The van der Waals surface area contributed by atoms with Crippen LogP contribution in [0.2, 0.25) is 0 Å². The quantitative estimate of drug-likeness (QED) is 0.0862. The molecule has 13 nitrogen and oxygen atoms in total. The van der Waals surface area contributed by atoms with E-state index in [4.69, 9.17) is 20.2 Å². The van der Waals surface area contributed by atoms with Crippen molar-refractivity contribution < 1.29 is 19.1 Å². The molecule has 0 saturated carbocycles. The van der Waals surface area contributed by atoms with Gasteiger partial charge in [0.05, 0.1) is 55.6 Å². The second-order valence-corrected chi connectivity index (χ2v) is 16.1. The third kappa shape index (κ3) is 8.51. The van der Waals surface area contributed by atoms with Gasteiger partial charge in [-0.05, 0) is 92.0 Å². The summed E-state index contributed by atoms with van der Waals surface area (Å²) in [6.45, 7) is 11.5. The van der Waals surface area contributed by atoms with Crippen LogP contribution in [0.15, 0.2) is 78.0 Å². The van der Waals surface area contributed by atoms with Gasteiger partial charge in [-0.2, -0.15) is 0 Å². The van der Waals surface area contributed by atoms with Crippen LogP contribution in [0.4, 0.5) is 9.59 Å². The average Bonchev–Trinajstić information content (AvgIpc) is 4.02. The third-order valence-electron chi connectivity index (χ3n) is 10.7. The summed E-state index contributed by atoms with van der Waals surface area (Å²) >= 11 is 0. The number of nitrogens with one attached hydrogen (secondary N) is 3. The first-order valence-electron chi connectivity index (χ1n) is 19.5. The number of hydrogen-bond donors (Lipinski definition) is 4. The second-order valence-electron chi connectivity index (χ2n) is 16.1. The van der Waals surface area contributed by atoms with Gasteiger partial charge < -0.3 is 35.4 Å². The zero-order chi connectivity index (χ0) is 39.6. The fourth-order valence-corrected chi connectivity index (χ4v) is 7.57. The number of alkyl carbamates (subject to hydrolysis) is 1. The van der Waals surface area contributed by atoms with Gasteiger partial charge in [-0.3, -0.25) is 9.89 Å². The van der Waals surface area contributed by atoms with Gasteiger partial charge in [0, 0.05) is 18.7 Å². The minimum Gasteiger partial charge on any atom is -0.453 e. The Hall–Kier alpha value is -5.85. The van der Waals surface area contributed by atoms with Gasteiger partial charge in [-0.15, -0.1) is 0 Å². The standard InChI is InChI=1S/C43H53N9O4/c1-26(2)33(50-41(53)55-6)23-47-40(44)51-19-7-9-36(51)38-45-24-34(48-38)28-13-11-27(12-14-28)29-15-16-31-22-32(18-17-30(31)21-29)35-25-46-39(49-35)37-10-8-20-52(37)42(54)56-43(3,4)5/h11-18,21-22,24-26,33,36-37H,7-10,19-20,23H2,1-6H3,(H2,44,47)(H,45,48)(H,46,49)(H,50,53). The van der Waals surface area contributed by atoms with E-state index in [9.17, 15) is 9.59 Å². The Balaban J connectivity index is 1.01. The number of H-pyrrole nitrogens is 2. The summed E-state index contributed by atoms with van der Waals surface area (Å²) in [6, 6.07) is 21.1. The molecule has 294 valence electrons. The van der Waals surface area contributed by atoms with Crippen LogP contribution in [0.1, 0.15) is 84.0 Å². The van der Waals surface area contributed by atoms with Crippen molar-refractivity contribution >= 4 is 28.9 Å². The molecular weight excluding hydrogens is 707 g/mol. The number of ether oxygens (including phenoxy) is 2. The van der Waals surface area contributed by atoms with Crippen LogP contribution in [-0.2, 0) is 9.47 Å². The fourth-order valence-electron chi connectivity index (χ4n) is 7.57. The predicted molar refractivity (Wildman–Crippen MR) is 219 cm³/mol. The van der Waals surface area contributed by atoms with E-state index in [1.54, 1.807) is 4.90 Å². The third-order valence-corrected chi connectivity index (χ3v) is 10.7. The minimum absolute atomic E-state index is 0.00639. The van der Waals surface area contributed by atoms with E-state index in [1.807, 2.05) is 47.0 Å². The van der Waals surface area contributed by atoms with E-state index < -0.39 is 11.7 Å². The van der Waals surface area contributed by atoms with E-state index >= 15 is 0 Å². The van der Waals surface area contributed by atoms with E-state index in [-0.39, 0.29) is 30.1 Å². The van der Waals surface area contributed by atoms with Gasteiger partial charge in [-0.25, -0.2) is 19.6 Å². The number of carbonyl (C=O) groups is 2. The van der Waals surface area contributed by atoms with Crippen LogP contribution >= 0.6 is 0 Å². The number of aliphatic imine (C=N–C) groups is 1. The molecule has 56 heavy (non-hydrogen) atoms. The van der Waals surface area contributed by atoms with Crippen LogP contribution in [-0.4, -0.2) is 86.3 Å². The van der Waals surface area contributed by atoms with Crippen molar-refractivity contribution in [3.05, 3.63) is 84.7 Å². The first-order chi connectivity index (χ1) is 26.9. The molecular formula is C43H53N9O4. The fraction of sp³-hybridized carbons (Fsp3) is 0.419. The first-order valence-corrected chi connectivity index (χ1v) is 19.5. The lowest BCUT2D eigenvalue weighted by Gasteiger charge is -2.27. The van der Waals surface area contributed by atoms with Crippen LogP contribution in [0.25, 0.3) is 44.4 Å². The maximum Gasteiger partial charge on any atom is 0.410 e. The van der Waals surface area contributed by atoms with E-state index in [0.29, 0.717) is 19.0 Å². The Morgan fingerprint density at radius 1 is 0.839 bits per heavy atom. The highest BCUT2D eigenvalue weighted by atomic mass is 16.6. The molecule has 5 N–H and O–H groups in total. The molecule has 0 aliphatic carbocycles. The Morgan fingerprint density at radius 3 is 1.98 bits per heavy atom. The van der Waals surface area contributed by atoms with Crippen molar-refractivity contribution in [1.29, 1.82) is 0 Å². The molecule has 0 spiro atoms. The molecule has 13 heteroatoms. The molecule has 2 aliphatic heterocycles. The number of methoxy groups -OCH3 is 1. The molecule has 2 aliphatic rings. The molecule has 2 amide bonds. The first kappa shape index (κ1) is 38.4. The highest BCUT2D eigenvalue weighted by Gasteiger charge is 2.35. The van der Waals surface area contributed by atoms with Crippen molar-refractivity contribution in [2.75, 3.05) is 26.7 Å². The molecule has 3 unspecified atom stereocenters. The molecule has 2 saturated heterocycles. The summed E-state index contributed by atoms with van der Waals surface area (Å²) in [7, 11) is 1.35. The Morgan fingerprint density at radius 2 is 1.38 bits per heavy atom. The van der Waals surface area contributed by atoms with Crippen LogP contribution in [0.3, 0.4) is 0 Å². The summed E-state index contributed by atoms with van der Waals surface area (Å²) in [5.41, 5.74) is 12.1. The minimum atomic E-state index is -0.545. The van der Waals surface area contributed by atoms with Gasteiger partial charge in [0.2, 0.25) is 0 Å². The molecule has 2 fully saturated rings. The van der Waals surface area contributed by atoms with Crippen LogP contribution in [0, 0.1) is 5.92 Å². The lowest BCUT2D eigenvalue weighted by atomic mass is 9.98. The van der Waals surface area contributed by atoms with Gasteiger partial charge in [-0.1, -0.05) is 62.4 Å². The van der Waals surface area contributed by atoms with Gasteiger partial charge in [0.15, 0.2) is 5.96 Å². The summed E-state index contributed by atoms with van der Waals surface area (Å²) in [5.74, 6) is 2.25. The Labute approximate surface area is 328 Å². The maximum atomic E-state index is 12.9. The van der Waals surface area contributed by atoms with Crippen molar-refractivity contribution in [2.45, 2.75) is 84.0 Å². The molecule has 4 heterocycles. The Bertz CT molecular complexity index is 2200. The zero-order valence-corrected chi connectivity index (χ0v) is 33.1. The maximum absolute atomic E-state index is 12.9. The number of likely N-dealkylation sites (tertiary alicyclic amines) is 2. The number of rotatable bonds is 9. The highest BCUT2D eigenvalue weighted by Crippen LogP contribution is 2.35. The SMILES string of the molecule is COC(=O)NC(CN=C(N)N1CCCC1c1ncc(-c2ccc(-c3ccc4cc(-c5cnc(C6CCCN6C(=O)OC(C)(C)C)[nH]5)ccc4c3)cc2)[nH]1)C(C)C. The Kier molecular flexibility index (Phi) is 11.0. The van der Waals surface area contributed by atoms with E-state index in [2.05, 4.69) is 90.8 Å². The number of hydrogen-bond acceptors (Lipinski definition) is 7. The van der Waals surface area contributed by atoms with E-state index in [0.717, 1.165) is 88.3 Å². The molecule has 3 aromatic carbocycles. The van der Waals surface area contributed by atoms with Crippen molar-refractivity contribution in [1.82, 2.24) is 35.1 Å². The van der Waals surface area contributed by atoms with Gasteiger partial charge in [0.25, 0.3) is 0 Å². The van der Waals surface area contributed by atoms with Crippen molar-refractivity contribution in [3.8, 4) is 33.6 Å². The zero-order valence-electron chi connectivity index (χ0n) is 33.1. The number of benzene rings is 3. The molecule has 3 atom stereocenters. The molecule has 7 rings (SSSR count). The summed E-state index contributed by atoms with van der Waals surface area (Å²) in [4.78, 5) is 49.7. The normalized spacial score (nSPS) is 18.2. The topological polar surface area (TPSA) is 167 Å². The summed E-state index contributed by atoms with van der Waals surface area (Å²) in [5, 5.41) is 5.12. The molecule has 2 aromatic heterocycles. The predicted octanol–water partition coefficient (Wildman–Crippen LogP) is 8.19. The van der Waals surface area contributed by atoms with Crippen LogP contribution in [0.5, 0.6) is 0 Å². The number of carbonyl (C=O) groups excluding carboxylic acids is 2. The second kappa shape index (κ2) is 16.1. The number of fused-ring (bicyclic) bond motifs is 1. The number of aromatic nitrogens is 4. The van der Waals surface area contributed by atoms with Gasteiger partial charge in [0.1, 0.15) is 17.2 Å². The molecule has 0 radical (unpaired) electrons. The number of guanidine groups is 1. The van der Waals surface area contributed by atoms with Gasteiger partial charge >= 0.3 is 12.2 Å². The largest absolute Gasteiger partial charge is 0.453 e. The number of amides is 2.